The average molecular weight is 581 g/mol. The fourth-order valence-corrected chi connectivity index (χ4v) is 3.83. The molecule has 4 aromatic rings. The number of benzene rings is 2. The highest BCUT2D eigenvalue weighted by molar-refractivity contribution is 5.94. The number of hydrogen-bond acceptors (Lipinski definition) is 7. The van der Waals surface area contributed by atoms with Crippen LogP contribution in [0.1, 0.15) is 47.7 Å². The lowest BCUT2D eigenvalue weighted by Gasteiger charge is -2.12. The summed E-state index contributed by atoms with van der Waals surface area (Å²) in [6, 6.07) is 15.3. The predicted octanol–water partition coefficient (Wildman–Crippen LogP) is 6.07. The Morgan fingerprint density at radius 2 is 1.87 bits per heavy atom. The van der Waals surface area contributed by atoms with Gasteiger partial charge in [-0.1, -0.05) is 24.3 Å². The highest BCUT2D eigenvalue weighted by atomic mass is 35.5. The van der Waals surface area contributed by atoms with E-state index in [9.17, 15) is 13.6 Å². The van der Waals surface area contributed by atoms with E-state index in [1.54, 1.807) is 6.92 Å². The first kappa shape index (κ1) is 30.1. The van der Waals surface area contributed by atoms with Crippen LogP contribution in [0.25, 0.3) is 22.4 Å². The molecule has 5 rings (SSSR count). The van der Waals surface area contributed by atoms with Gasteiger partial charge in [-0.15, -0.1) is 24.8 Å². The third kappa shape index (κ3) is 7.35. The molecule has 1 fully saturated rings. The molecule has 3 N–H and O–H groups in total. The van der Waals surface area contributed by atoms with E-state index < -0.39 is 18.6 Å². The van der Waals surface area contributed by atoms with Gasteiger partial charge in [-0.2, -0.15) is 8.78 Å². The Kier molecular flexibility index (Phi) is 10.1. The van der Waals surface area contributed by atoms with Crippen LogP contribution in [0.4, 0.5) is 8.78 Å². The Hall–Kier alpha value is -3.47. The van der Waals surface area contributed by atoms with E-state index in [1.807, 2.05) is 36.4 Å². The fourth-order valence-electron chi connectivity index (χ4n) is 3.83. The van der Waals surface area contributed by atoms with Crippen molar-refractivity contribution >= 4 is 41.6 Å². The molecular formula is C27H28Cl2F2N4O4. The second kappa shape index (κ2) is 13.1. The van der Waals surface area contributed by atoms with Gasteiger partial charge in [-0.05, 0) is 56.0 Å². The zero-order chi connectivity index (χ0) is 25.9. The summed E-state index contributed by atoms with van der Waals surface area (Å²) in [4.78, 5) is 22.0. The van der Waals surface area contributed by atoms with Gasteiger partial charge >= 0.3 is 6.61 Å². The summed E-state index contributed by atoms with van der Waals surface area (Å²) < 4.78 is 41.9. The topological polar surface area (TPSA) is 113 Å². The summed E-state index contributed by atoms with van der Waals surface area (Å²) >= 11 is 0. The minimum absolute atomic E-state index is 0. The van der Waals surface area contributed by atoms with Gasteiger partial charge in [0, 0.05) is 10.9 Å². The van der Waals surface area contributed by atoms with Crippen LogP contribution in [0.2, 0.25) is 0 Å². The van der Waals surface area contributed by atoms with E-state index in [4.69, 9.17) is 14.9 Å². The smallest absolute Gasteiger partial charge is 0.387 e. The first-order valence-electron chi connectivity index (χ1n) is 12.0. The van der Waals surface area contributed by atoms with Gasteiger partial charge in [0.15, 0.2) is 23.0 Å². The van der Waals surface area contributed by atoms with Gasteiger partial charge < -0.3 is 24.9 Å². The van der Waals surface area contributed by atoms with Crippen LogP contribution in [-0.4, -0.2) is 29.1 Å². The van der Waals surface area contributed by atoms with Gasteiger partial charge in [0.25, 0.3) is 5.91 Å². The number of fused-ring (bicyclic) bond motifs is 1. The third-order valence-electron chi connectivity index (χ3n) is 5.95. The van der Waals surface area contributed by atoms with Crippen LogP contribution in [0, 0.1) is 5.92 Å². The second-order valence-corrected chi connectivity index (χ2v) is 8.99. The molecule has 1 unspecified atom stereocenters. The lowest BCUT2D eigenvalue weighted by atomic mass is 10.2. The molecule has 8 nitrogen and oxygen atoms in total. The van der Waals surface area contributed by atoms with Crippen molar-refractivity contribution < 1.29 is 27.5 Å². The van der Waals surface area contributed by atoms with Crippen molar-refractivity contribution in [3.63, 3.8) is 0 Å². The van der Waals surface area contributed by atoms with Crippen LogP contribution in [0.5, 0.6) is 11.5 Å². The van der Waals surface area contributed by atoms with Crippen molar-refractivity contribution in [2.24, 2.45) is 11.7 Å². The molecule has 0 radical (unpaired) electrons. The number of amides is 1. The molecule has 0 saturated heterocycles. The van der Waals surface area contributed by atoms with Gasteiger partial charge in [0.1, 0.15) is 0 Å². The van der Waals surface area contributed by atoms with Crippen LogP contribution in [0.15, 0.2) is 59.0 Å². The van der Waals surface area contributed by atoms with E-state index >= 15 is 0 Å². The molecule has 2 aromatic carbocycles. The number of aromatic nitrogens is 2. The number of halogens is 4. The van der Waals surface area contributed by atoms with E-state index in [1.165, 1.54) is 18.2 Å². The quantitative estimate of drug-likeness (QED) is 0.234. The zero-order valence-corrected chi connectivity index (χ0v) is 22.6. The van der Waals surface area contributed by atoms with Crippen molar-refractivity contribution in [3.8, 4) is 23.0 Å². The summed E-state index contributed by atoms with van der Waals surface area (Å²) in [6.45, 7) is -0.734. The van der Waals surface area contributed by atoms with Crippen molar-refractivity contribution in [2.75, 3.05) is 6.61 Å². The SMILES string of the molecule is CC(N)c1oc(-c2ccc(OC(F)F)c(OCC3CC3)c2)nc1C(=O)NCc1ccc2ccccc2n1.Cl.Cl. The number of oxazole rings is 1. The minimum atomic E-state index is -2.99. The Morgan fingerprint density at radius 3 is 2.59 bits per heavy atom. The molecule has 208 valence electrons. The van der Waals surface area contributed by atoms with Crippen LogP contribution in [-0.2, 0) is 6.54 Å². The number of nitrogens with one attached hydrogen (secondary N) is 1. The minimum Gasteiger partial charge on any atom is -0.489 e. The molecule has 1 atom stereocenters. The molecule has 0 spiro atoms. The molecule has 0 aliphatic heterocycles. The number of carbonyl (C=O) groups is 1. The number of rotatable bonds is 10. The zero-order valence-electron chi connectivity index (χ0n) is 20.9. The largest absolute Gasteiger partial charge is 0.489 e. The number of nitrogens with zero attached hydrogens (tertiary/aromatic N) is 2. The Bertz CT molecular complexity index is 1430. The number of pyridine rings is 1. The molecule has 1 aliphatic carbocycles. The molecule has 1 amide bonds. The van der Waals surface area contributed by atoms with Crippen molar-refractivity contribution in [1.82, 2.24) is 15.3 Å². The predicted molar refractivity (Wildman–Crippen MR) is 147 cm³/mol. The maximum absolute atomic E-state index is 13.0. The molecule has 39 heavy (non-hydrogen) atoms. The normalized spacial score (nSPS) is 13.4. The Morgan fingerprint density at radius 1 is 1.10 bits per heavy atom. The molecule has 1 saturated carbocycles. The van der Waals surface area contributed by atoms with Crippen LogP contribution in [0.3, 0.4) is 0 Å². The number of carbonyl (C=O) groups excluding carboxylic acids is 1. The second-order valence-electron chi connectivity index (χ2n) is 8.99. The lowest BCUT2D eigenvalue weighted by molar-refractivity contribution is -0.0515. The van der Waals surface area contributed by atoms with E-state index in [-0.39, 0.29) is 60.2 Å². The number of ether oxygens (including phenoxy) is 2. The molecule has 1 aliphatic rings. The van der Waals surface area contributed by atoms with E-state index in [0.29, 0.717) is 23.8 Å². The highest BCUT2D eigenvalue weighted by Gasteiger charge is 2.26. The van der Waals surface area contributed by atoms with Gasteiger partial charge in [-0.3, -0.25) is 9.78 Å². The maximum Gasteiger partial charge on any atom is 0.387 e. The molecule has 0 bridgehead atoms. The highest BCUT2D eigenvalue weighted by Crippen LogP contribution is 2.37. The molecule has 2 aromatic heterocycles. The monoisotopic (exact) mass is 580 g/mol. The third-order valence-corrected chi connectivity index (χ3v) is 5.95. The van der Waals surface area contributed by atoms with E-state index in [0.717, 1.165) is 23.7 Å². The molecule has 12 heteroatoms. The standard InChI is InChI=1S/C27H26F2N4O4.2ClH/c1-15(30)24-23(25(34)31-13-19-10-8-17-4-2-3-5-20(17)32-19)33-26(37-24)18-9-11-21(36-27(28)29)22(12-18)35-14-16-6-7-16;;/h2-5,8-12,15-16,27H,6-7,13-14,30H2,1H3,(H,31,34);2*1H. The summed E-state index contributed by atoms with van der Waals surface area (Å²) in [6.07, 6.45) is 2.07. The van der Waals surface area contributed by atoms with Crippen molar-refractivity contribution in [1.29, 1.82) is 0 Å². The summed E-state index contributed by atoms with van der Waals surface area (Å²) in [5, 5.41) is 3.82. The fraction of sp³-hybridized carbons (Fsp3) is 0.296. The van der Waals surface area contributed by atoms with Gasteiger partial charge in [0.05, 0.1) is 30.4 Å². The average Bonchev–Trinajstić information content (AvgIpc) is 3.61. The first-order chi connectivity index (χ1) is 17.9. The molecular weight excluding hydrogens is 553 g/mol. The Balaban J connectivity index is 0.00000210. The molecule has 2 heterocycles. The number of alkyl halides is 2. The Labute approximate surface area is 236 Å². The number of hydrogen-bond donors (Lipinski definition) is 2. The number of para-hydroxylation sites is 1. The van der Waals surface area contributed by atoms with Crippen LogP contribution < -0.4 is 20.5 Å². The van der Waals surface area contributed by atoms with Gasteiger partial charge in [0.2, 0.25) is 5.89 Å². The summed E-state index contributed by atoms with van der Waals surface area (Å²) in [5.74, 6) is 0.313. The maximum atomic E-state index is 13.0. The first-order valence-corrected chi connectivity index (χ1v) is 12.0. The lowest BCUT2D eigenvalue weighted by Crippen LogP contribution is -2.25. The van der Waals surface area contributed by atoms with E-state index in [2.05, 4.69) is 20.0 Å². The van der Waals surface area contributed by atoms with Crippen LogP contribution >= 0.6 is 24.8 Å². The number of nitrogens with two attached hydrogens (primary N) is 1. The summed E-state index contributed by atoms with van der Waals surface area (Å²) in [7, 11) is 0. The summed E-state index contributed by atoms with van der Waals surface area (Å²) in [5.41, 5.74) is 8.04. The van der Waals surface area contributed by atoms with Crippen molar-refractivity contribution in [2.45, 2.75) is 39.0 Å². The van der Waals surface area contributed by atoms with Gasteiger partial charge in [-0.25, -0.2) is 4.98 Å². The van der Waals surface area contributed by atoms with Crippen molar-refractivity contribution in [3.05, 3.63) is 71.7 Å².